The van der Waals surface area contributed by atoms with Crippen molar-refractivity contribution in [2.75, 3.05) is 5.32 Å². The summed E-state index contributed by atoms with van der Waals surface area (Å²) < 4.78 is 15.4. The highest BCUT2D eigenvalue weighted by Crippen LogP contribution is 2.18. The summed E-state index contributed by atoms with van der Waals surface area (Å²) in [6.45, 7) is 0.465. The van der Waals surface area contributed by atoms with Crippen LogP contribution in [-0.2, 0) is 6.54 Å². The molecule has 0 fully saturated rings. The fourth-order valence-corrected chi connectivity index (χ4v) is 2.12. The van der Waals surface area contributed by atoms with Crippen LogP contribution in [-0.4, -0.2) is 0 Å². The minimum Gasteiger partial charge on any atom is -0.381 e. The maximum Gasteiger partial charge on any atom is 0.128 e. The van der Waals surface area contributed by atoms with Crippen molar-refractivity contribution in [2.24, 2.45) is 0 Å². The molecule has 1 N–H and O–H groups in total. The van der Waals surface area contributed by atoms with Gasteiger partial charge in [0.1, 0.15) is 5.82 Å². The van der Waals surface area contributed by atoms with Crippen molar-refractivity contribution in [3.8, 4) is 0 Å². The number of hydrogen-bond donors (Lipinski definition) is 1. The van der Waals surface area contributed by atoms with Crippen molar-refractivity contribution >= 4 is 37.5 Å². The highest BCUT2D eigenvalue weighted by molar-refractivity contribution is 9.10. The molecule has 0 aromatic heterocycles. The van der Waals surface area contributed by atoms with Gasteiger partial charge in [0.2, 0.25) is 0 Å². The lowest BCUT2D eigenvalue weighted by atomic mass is 10.2. The van der Waals surface area contributed by atoms with E-state index in [2.05, 4.69) is 37.2 Å². The van der Waals surface area contributed by atoms with Crippen LogP contribution in [0.5, 0.6) is 0 Å². The summed E-state index contributed by atoms with van der Waals surface area (Å²) in [6.07, 6.45) is 0. The third-order valence-electron chi connectivity index (χ3n) is 2.33. The van der Waals surface area contributed by atoms with Gasteiger partial charge in [-0.2, -0.15) is 0 Å². The van der Waals surface area contributed by atoms with Gasteiger partial charge in [-0.05, 0) is 42.5 Å². The van der Waals surface area contributed by atoms with Crippen LogP contribution in [0.25, 0.3) is 0 Å². The molecule has 0 unspecified atom stereocenters. The van der Waals surface area contributed by atoms with Gasteiger partial charge in [-0.15, -0.1) is 0 Å². The molecule has 0 amide bonds. The normalized spacial score (nSPS) is 10.3. The third kappa shape index (κ3) is 3.54. The van der Waals surface area contributed by atoms with Gasteiger partial charge in [0.05, 0.1) is 0 Å². The van der Waals surface area contributed by atoms with Crippen molar-refractivity contribution in [2.45, 2.75) is 6.54 Å². The third-order valence-corrected chi connectivity index (χ3v) is 3.36. The monoisotopic (exact) mass is 357 g/mol. The van der Waals surface area contributed by atoms with Crippen LogP contribution in [0.15, 0.2) is 51.4 Å². The van der Waals surface area contributed by atoms with Gasteiger partial charge < -0.3 is 5.32 Å². The van der Waals surface area contributed by atoms with Crippen LogP contribution in [0.4, 0.5) is 10.1 Å². The highest BCUT2D eigenvalue weighted by atomic mass is 79.9. The molecule has 4 heteroatoms. The SMILES string of the molecule is Fc1ccc(Br)cc1CNc1ccc(Br)cc1. The summed E-state index contributed by atoms with van der Waals surface area (Å²) >= 11 is 6.70. The summed E-state index contributed by atoms with van der Waals surface area (Å²) in [4.78, 5) is 0. The summed E-state index contributed by atoms with van der Waals surface area (Å²) in [5, 5.41) is 3.17. The Kier molecular flexibility index (Phi) is 4.18. The largest absolute Gasteiger partial charge is 0.381 e. The standard InChI is InChI=1S/C13H10Br2FN/c14-10-1-4-12(5-2-10)17-8-9-7-11(15)3-6-13(9)16/h1-7,17H,8H2. The van der Waals surface area contributed by atoms with E-state index in [9.17, 15) is 4.39 Å². The lowest BCUT2D eigenvalue weighted by molar-refractivity contribution is 0.612. The molecule has 0 radical (unpaired) electrons. The molecule has 0 aliphatic heterocycles. The molecule has 0 atom stereocenters. The predicted octanol–water partition coefficient (Wildman–Crippen LogP) is 4.96. The first-order valence-corrected chi connectivity index (χ1v) is 6.67. The minimum atomic E-state index is -0.196. The molecule has 0 heterocycles. The van der Waals surface area contributed by atoms with Crippen molar-refractivity contribution < 1.29 is 4.39 Å². The summed E-state index contributed by atoms with van der Waals surface area (Å²) in [6, 6.07) is 12.7. The van der Waals surface area contributed by atoms with Crippen LogP contribution in [0, 0.1) is 5.82 Å². The topological polar surface area (TPSA) is 12.0 Å². The molecule has 17 heavy (non-hydrogen) atoms. The van der Waals surface area contributed by atoms with Crippen molar-refractivity contribution in [3.63, 3.8) is 0 Å². The van der Waals surface area contributed by atoms with Gasteiger partial charge in [-0.3, -0.25) is 0 Å². The van der Waals surface area contributed by atoms with Crippen LogP contribution < -0.4 is 5.32 Å². The Hall–Kier alpha value is -0.870. The van der Waals surface area contributed by atoms with Gasteiger partial charge in [-0.25, -0.2) is 4.39 Å². The van der Waals surface area contributed by atoms with E-state index in [1.807, 2.05) is 24.3 Å². The predicted molar refractivity (Wildman–Crippen MR) is 75.6 cm³/mol. The molecule has 0 aliphatic rings. The summed E-state index contributed by atoms with van der Waals surface area (Å²) in [5.74, 6) is -0.196. The number of rotatable bonds is 3. The van der Waals surface area contributed by atoms with E-state index in [-0.39, 0.29) is 5.82 Å². The average molecular weight is 359 g/mol. The number of benzene rings is 2. The highest BCUT2D eigenvalue weighted by Gasteiger charge is 2.02. The van der Waals surface area contributed by atoms with E-state index >= 15 is 0 Å². The second kappa shape index (κ2) is 5.65. The molecule has 0 bridgehead atoms. The van der Waals surface area contributed by atoms with E-state index in [1.165, 1.54) is 6.07 Å². The first-order valence-electron chi connectivity index (χ1n) is 5.08. The van der Waals surface area contributed by atoms with Crippen LogP contribution in [0.1, 0.15) is 5.56 Å². The molecule has 88 valence electrons. The quantitative estimate of drug-likeness (QED) is 0.817. The van der Waals surface area contributed by atoms with Crippen molar-refractivity contribution in [1.82, 2.24) is 0 Å². The molecule has 0 aliphatic carbocycles. The zero-order chi connectivity index (χ0) is 12.3. The lowest BCUT2D eigenvalue weighted by Crippen LogP contribution is -2.01. The maximum absolute atomic E-state index is 13.5. The molecule has 0 spiro atoms. The van der Waals surface area contributed by atoms with Gasteiger partial charge in [0.25, 0.3) is 0 Å². The van der Waals surface area contributed by atoms with Crippen molar-refractivity contribution in [3.05, 3.63) is 62.8 Å². The van der Waals surface area contributed by atoms with Gasteiger partial charge >= 0.3 is 0 Å². The van der Waals surface area contributed by atoms with E-state index in [1.54, 1.807) is 12.1 Å². The molecular weight excluding hydrogens is 349 g/mol. The van der Waals surface area contributed by atoms with E-state index in [4.69, 9.17) is 0 Å². The summed E-state index contributed by atoms with van der Waals surface area (Å²) in [7, 11) is 0. The molecule has 0 saturated carbocycles. The molecule has 0 saturated heterocycles. The zero-order valence-electron chi connectivity index (χ0n) is 8.88. The fraction of sp³-hybridized carbons (Fsp3) is 0.0769. The molecule has 2 rings (SSSR count). The van der Waals surface area contributed by atoms with Crippen LogP contribution >= 0.6 is 31.9 Å². The van der Waals surface area contributed by atoms with E-state index in [0.717, 1.165) is 14.6 Å². The minimum absolute atomic E-state index is 0.196. The molecule has 2 aromatic rings. The second-order valence-electron chi connectivity index (χ2n) is 3.60. The van der Waals surface area contributed by atoms with Crippen LogP contribution in [0.3, 0.4) is 0 Å². The maximum atomic E-state index is 13.5. The Labute approximate surface area is 116 Å². The number of halogens is 3. The summed E-state index contributed by atoms with van der Waals surface area (Å²) in [5.41, 5.74) is 1.61. The fourth-order valence-electron chi connectivity index (χ4n) is 1.44. The molecule has 2 aromatic carbocycles. The van der Waals surface area contributed by atoms with Crippen LogP contribution in [0.2, 0.25) is 0 Å². The second-order valence-corrected chi connectivity index (χ2v) is 5.43. The van der Waals surface area contributed by atoms with E-state index < -0.39 is 0 Å². The van der Waals surface area contributed by atoms with Gasteiger partial charge in [0, 0.05) is 26.7 Å². The lowest BCUT2D eigenvalue weighted by Gasteiger charge is -2.08. The number of nitrogens with one attached hydrogen (secondary N) is 1. The molecule has 1 nitrogen and oxygen atoms in total. The van der Waals surface area contributed by atoms with E-state index in [0.29, 0.717) is 12.1 Å². The Morgan fingerprint density at radius 3 is 2.29 bits per heavy atom. The Balaban J connectivity index is 2.07. The van der Waals surface area contributed by atoms with Crippen molar-refractivity contribution in [1.29, 1.82) is 0 Å². The molecular formula is C13H10Br2FN. The first-order chi connectivity index (χ1) is 8.15. The first kappa shape index (κ1) is 12.6. The van der Waals surface area contributed by atoms with Gasteiger partial charge in [0.15, 0.2) is 0 Å². The number of hydrogen-bond acceptors (Lipinski definition) is 1. The smallest absolute Gasteiger partial charge is 0.128 e. The Morgan fingerprint density at radius 1 is 0.941 bits per heavy atom. The van der Waals surface area contributed by atoms with Gasteiger partial charge in [-0.1, -0.05) is 31.9 Å². The number of anilines is 1. The average Bonchev–Trinajstić information content (AvgIpc) is 2.32. The Bertz CT molecular complexity index is 511. The Morgan fingerprint density at radius 2 is 1.59 bits per heavy atom. The zero-order valence-corrected chi connectivity index (χ0v) is 12.1.